The first-order chi connectivity index (χ1) is 12.7. The summed E-state index contributed by atoms with van der Waals surface area (Å²) in [6.07, 6.45) is 1.07. The minimum atomic E-state index is -3.37. The van der Waals surface area contributed by atoms with E-state index >= 15 is 0 Å². The Morgan fingerprint density at radius 2 is 1.74 bits per heavy atom. The molecule has 1 aromatic heterocycles. The first kappa shape index (κ1) is 19.0. The van der Waals surface area contributed by atoms with Crippen LogP contribution in [0.1, 0.15) is 35.7 Å². The van der Waals surface area contributed by atoms with Crippen molar-refractivity contribution in [3.05, 3.63) is 59.9 Å². The average molecular weight is 393 g/mol. The number of halogens is 2. The molecule has 1 heterocycles. The fourth-order valence-electron chi connectivity index (χ4n) is 2.77. The highest BCUT2D eigenvalue weighted by Gasteiger charge is 2.23. The first-order valence-corrected chi connectivity index (χ1v) is 9.93. The van der Waals surface area contributed by atoms with E-state index in [0.29, 0.717) is 5.52 Å². The van der Waals surface area contributed by atoms with Crippen LogP contribution in [0.5, 0.6) is 0 Å². The van der Waals surface area contributed by atoms with Gasteiger partial charge < -0.3 is 5.32 Å². The predicted molar refractivity (Wildman–Crippen MR) is 96.4 cm³/mol. The first-order valence-electron chi connectivity index (χ1n) is 8.04. The van der Waals surface area contributed by atoms with Crippen LogP contribution in [-0.2, 0) is 9.84 Å². The van der Waals surface area contributed by atoms with Gasteiger partial charge in [0.1, 0.15) is 5.82 Å². The number of nitrogens with one attached hydrogen (secondary N) is 1. The van der Waals surface area contributed by atoms with Gasteiger partial charge in [0, 0.05) is 11.8 Å². The van der Waals surface area contributed by atoms with Gasteiger partial charge >= 0.3 is 6.55 Å². The van der Waals surface area contributed by atoms with Gasteiger partial charge in [-0.3, -0.25) is 9.36 Å². The smallest absolute Gasteiger partial charge is 0.320 e. The second kappa shape index (κ2) is 7.07. The minimum Gasteiger partial charge on any atom is -0.342 e. The monoisotopic (exact) mass is 393 g/mol. The van der Waals surface area contributed by atoms with Crippen LogP contribution >= 0.6 is 0 Å². The Balaban J connectivity index is 1.87. The molecule has 6 nitrogen and oxygen atoms in total. The van der Waals surface area contributed by atoms with E-state index in [1.165, 1.54) is 30.3 Å². The molecule has 0 radical (unpaired) electrons. The molecule has 3 aromatic rings. The molecule has 1 N–H and O–H groups in total. The molecule has 0 aliphatic carbocycles. The van der Waals surface area contributed by atoms with E-state index in [9.17, 15) is 22.0 Å². The standard InChI is InChI=1S/C18H17F2N3O3S/c1-11(16-22-14-5-3-4-6-15(14)23(16)18(19)20)21-17(24)12-7-9-13(10-8-12)27(2,25)26/h3-11,18H,1-2H3,(H,21,24)/t11-/m0/s1. The number of nitrogens with zero attached hydrogens (tertiary/aromatic N) is 2. The van der Waals surface area contributed by atoms with E-state index in [-0.39, 0.29) is 21.8 Å². The van der Waals surface area contributed by atoms with Gasteiger partial charge in [-0.05, 0) is 43.3 Å². The summed E-state index contributed by atoms with van der Waals surface area (Å²) in [5.41, 5.74) is 0.904. The lowest BCUT2D eigenvalue weighted by Crippen LogP contribution is -2.29. The van der Waals surface area contributed by atoms with Crippen LogP contribution in [0.3, 0.4) is 0 Å². The number of benzene rings is 2. The number of rotatable bonds is 5. The Labute approximate surface area is 154 Å². The SMILES string of the molecule is C[C@H](NC(=O)c1ccc(S(C)(=O)=O)cc1)c1nc2ccccc2n1C(F)F. The van der Waals surface area contributed by atoms with Crippen molar-refractivity contribution in [3.63, 3.8) is 0 Å². The zero-order chi connectivity index (χ0) is 19.8. The summed E-state index contributed by atoms with van der Waals surface area (Å²) in [4.78, 5) is 16.7. The number of carbonyl (C=O) groups is 1. The van der Waals surface area contributed by atoms with E-state index < -0.39 is 28.3 Å². The van der Waals surface area contributed by atoms with Gasteiger partial charge in [-0.15, -0.1) is 0 Å². The molecule has 0 fully saturated rings. The number of carbonyl (C=O) groups excluding carboxylic acids is 1. The van der Waals surface area contributed by atoms with Crippen LogP contribution in [0.25, 0.3) is 11.0 Å². The van der Waals surface area contributed by atoms with Gasteiger partial charge in [-0.1, -0.05) is 12.1 Å². The van der Waals surface area contributed by atoms with Crippen molar-refractivity contribution >= 4 is 26.8 Å². The lowest BCUT2D eigenvalue weighted by atomic mass is 10.2. The number of amides is 1. The maximum Gasteiger partial charge on any atom is 0.320 e. The second-order valence-electron chi connectivity index (χ2n) is 6.10. The Morgan fingerprint density at radius 1 is 1.11 bits per heavy atom. The van der Waals surface area contributed by atoms with E-state index in [2.05, 4.69) is 10.3 Å². The van der Waals surface area contributed by atoms with Crippen LogP contribution in [0.2, 0.25) is 0 Å². The summed E-state index contributed by atoms with van der Waals surface area (Å²) in [5.74, 6) is -0.484. The van der Waals surface area contributed by atoms with Crippen molar-refractivity contribution in [1.29, 1.82) is 0 Å². The number of para-hydroxylation sites is 2. The molecule has 142 valence electrons. The molecule has 0 unspecified atom stereocenters. The lowest BCUT2D eigenvalue weighted by molar-refractivity contribution is 0.0688. The van der Waals surface area contributed by atoms with E-state index in [4.69, 9.17) is 0 Å². The van der Waals surface area contributed by atoms with Gasteiger partial charge in [0.05, 0.1) is 22.0 Å². The highest BCUT2D eigenvalue weighted by molar-refractivity contribution is 7.90. The Bertz CT molecular complexity index is 1090. The topological polar surface area (TPSA) is 81.1 Å². The van der Waals surface area contributed by atoms with Crippen molar-refractivity contribution in [2.75, 3.05) is 6.26 Å². The highest BCUT2D eigenvalue weighted by Crippen LogP contribution is 2.26. The average Bonchev–Trinajstić information content (AvgIpc) is 3.01. The molecular formula is C18H17F2N3O3S. The van der Waals surface area contributed by atoms with Crippen LogP contribution in [-0.4, -0.2) is 30.1 Å². The number of fused-ring (bicyclic) bond motifs is 1. The number of sulfone groups is 1. The molecular weight excluding hydrogens is 376 g/mol. The Morgan fingerprint density at radius 3 is 2.33 bits per heavy atom. The van der Waals surface area contributed by atoms with E-state index in [1.54, 1.807) is 25.1 Å². The van der Waals surface area contributed by atoms with Crippen LogP contribution in [0.15, 0.2) is 53.4 Å². The van der Waals surface area contributed by atoms with Crippen molar-refractivity contribution in [2.45, 2.75) is 24.4 Å². The highest BCUT2D eigenvalue weighted by atomic mass is 32.2. The lowest BCUT2D eigenvalue weighted by Gasteiger charge is -2.16. The fourth-order valence-corrected chi connectivity index (χ4v) is 3.40. The van der Waals surface area contributed by atoms with Gasteiger partial charge in [0.2, 0.25) is 0 Å². The quantitative estimate of drug-likeness (QED) is 0.721. The summed E-state index contributed by atoms with van der Waals surface area (Å²) in [6, 6.07) is 11.1. The van der Waals surface area contributed by atoms with Crippen LogP contribution in [0, 0.1) is 0 Å². The molecule has 0 spiro atoms. The maximum atomic E-state index is 13.5. The van der Waals surface area contributed by atoms with Gasteiger partial charge in [-0.25, -0.2) is 13.4 Å². The third-order valence-corrected chi connectivity index (χ3v) is 5.23. The van der Waals surface area contributed by atoms with Gasteiger partial charge in [-0.2, -0.15) is 8.78 Å². The molecule has 0 aliphatic rings. The largest absolute Gasteiger partial charge is 0.342 e. The molecule has 3 rings (SSSR count). The van der Waals surface area contributed by atoms with Crippen LogP contribution < -0.4 is 5.32 Å². The second-order valence-corrected chi connectivity index (χ2v) is 8.11. The zero-order valence-corrected chi connectivity index (χ0v) is 15.4. The van der Waals surface area contributed by atoms with Crippen LogP contribution in [0.4, 0.5) is 8.78 Å². The number of alkyl halides is 2. The third-order valence-electron chi connectivity index (χ3n) is 4.10. The normalized spacial score (nSPS) is 13.1. The molecule has 27 heavy (non-hydrogen) atoms. The Kier molecular flexibility index (Phi) is 4.97. The van der Waals surface area contributed by atoms with E-state index in [1.807, 2.05) is 0 Å². The van der Waals surface area contributed by atoms with Gasteiger partial charge in [0.25, 0.3) is 5.91 Å². The molecule has 9 heteroatoms. The summed E-state index contributed by atoms with van der Waals surface area (Å²) >= 11 is 0. The van der Waals surface area contributed by atoms with Crippen molar-refractivity contribution < 1.29 is 22.0 Å². The molecule has 2 aromatic carbocycles. The summed E-state index contributed by atoms with van der Waals surface area (Å²) < 4.78 is 50.8. The minimum absolute atomic E-state index is 0.0345. The number of hydrogen-bond donors (Lipinski definition) is 1. The molecule has 0 bridgehead atoms. The molecule has 0 saturated heterocycles. The molecule has 0 saturated carbocycles. The zero-order valence-electron chi connectivity index (χ0n) is 14.6. The number of hydrogen-bond acceptors (Lipinski definition) is 4. The fraction of sp³-hybridized carbons (Fsp3) is 0.222. The summed E-state index contributed by atoms with van der Waals surface area (Å²) in [6.45, 7) is -1.25. The third kappa shape index (κ3) is 3.82. The summed E-state index contributed by atoms with van der Waals surface area (Å²) in [7, 11) is -3.37. The van der Waals surface area contributed by atoms with Gasteiger partial charge in [0.15, 0.2) is 9.84 Å². The number of aromatic nitrogens is 2. The molecule has 0 aliphatic heterocycles. The molecule has 1 amide bonds. The number of imidazole rings is 1. The van der Waals surface area contributed by atoms with Crippen molar-refractivity contribution in [1.82, 2.24) is 14.9 Å². The van der Waals surface area contributed by atoms with E-state index in [0.717, 1.165) is 10.8 Å². The predicted octanol–water partition coefficient (Wildman–Crippen LogP) is 3.33. The Hall–Kier alpha value is -2.81. The molecule has 1 atom stereocenters. The van der Waals surface area contributed by atoms with Crippen molar-refractivity contribution in [3.8, 4) is 0 Å². The van der Waals surface area contributed by atoms with Crippen molar-refractivity contribution in [2.24, 2.45) is 0 Å². The summed E-state index contributed by atoms with van der Waals surface area (Å²) in [5, 5.41) is 2.62. The maximum absolute atomic E-state index is 13.5.